The largest absolute Gasteiger partial charge is 0.508 e. The van der Waals surface area contributed by atoms with E-state index in [9.17, 15) is 5.11 Å². The Morgan fingerprint density at radius 3 is 2.40 bits per heavy atom. The van der Waals surface area contributed by atoms with Gasteiger partial charge in [-0.15, -0.1) is 0 Å². The van der Waals surface area contributed by atoms with Crippen molar-refractivity contribution >= 4 is 5.69 Å². The van der Waals surface area contributed by atoms with E-state index >= 15 is 0 Å². The first-order valence-corrected chi connectivity index (χ1v) is 8.03. The van der Waals surface area contributed by atoms with Crippen molar-refractivity contribution in [3.63, 3.8) is 0 Å². The first kappa shape index (κ1) is 16.6. The summed E-state index contributed by atoms with van der Waals surface area (Å²) < 4.78 is 0. The van der Waals surface area contributed by atoms with E-state index in [0.717, 1.165) is 12.1 Å². The van der Waals surface area contributed by atoms with Crippen LogP contribution in [-0.2, 0) is 0 Å². The molecule has 1 aromatic carbocycles. The van der Waals surface area contributed by atoms with Crippen LogP contribution >= 0.6 is 0 Å². The van der Waals surface area contributed by atoms with E-state index in [4.69, 9.17) is 0 Å². The normalized spacial score (nSPS) is 11.1. The van der Waals surface area contributed by atoms with Crippen molar-refractivity contribution in [3.8, 4) is 5.75 Å². The van der Waals surface area contributed by atoms with Gasteiger partial charge < -0.3 is 10.4 Å². The summed E-state index contributed by atoms with van der Waals surface area (Å²) in [6.07, 6.45) is 16.2. The number of anilines is 1. The molecule has 2 N–H and O–H groups in total. The molecule has 0 heterocycles. The number of benzene rings is 1. The average Bonchev–Trinajstić information content (AvgIpc) is 2.45. The highest BCUT2D eigenvalue weighted by Gasteiger charge is 1.91. The molecule has 0 saturated heterocycles. The highest BCUT2D eigenvalue weighted by atomic mass is 16.3. The number of rotatable bonds is 11. The van der Waals surface area contributed by atoms with Gasteiger partial charge in [0.15, 0.2) is 0 Å². The van der Waals surface area contributed by atoms with Gasteiger partial charge in [-0.3, -0.25) is 0 Å². The van der Waals surface area contributed by atoms with E-state index in [1.54, 1.807) is 12.1 Å². The molecular formula is C18H29NO. The fourth-order valence-electron chi connectivity index (χ4n) is 2.23. The molecule has 0 fully saturated rings. The first-order chi connectivity index (χ1) is 9.83. The first-order valence-electron chi connectivity index (χ1n) is 8.03. The summed E-state index contributed by atoms with van der Waals surface area (Å²) in [6, 6.07) is 7.18. The Balaban J connectivity index is 1.95. The maximum atomic E-state index is 9.33. The summed E-state index contributed by atoms with van der Waals surface area (Å²) in [4.78, 5) is 0. The average molecular weight is 275 g/mol. The molecule has 0 unspecified atom stereocenters. The standard InChI is InChI=1S/C18H29NO/c1-2-3-4-5-6-7-8-9-10-11-15-19-17-13-12-14-18(20)16-17/h11-16,19-20H,2-10H2,1H3. The van der Waals surface area contributed by atoms with E-state index in [-0.39, 0.29) is 0 Å². The Morgan fingerprint density at radius 1 is 1.00 bits per heavy atom. The number of unbranched alkanes of at least 4 members (excludes halogenated alkanes) is 8. The smallest absolute Gasteiger partial charge is 0.117 e. The van der Waals surface area contributed by atoms with Crippen LogP contribution in [0, 0.1) is 0 Å². The Bertz CT molecular complexity index is 373. The zero-order valence-corrected chi connectivity index (χ0v) is 12.8. The Labute approximate surface area is 123 Å². The van der Waals surface area contributed by atoms with Crippen molar-refractivity contribution in [2.24, 2.45) is 0 Å². The topological polar surface area (TPSA) is 32.3 Å². The number of hydrogen-bond acceptors (Lipinski definition) is 2. The fraction of sp³-hybridized carbons (Fsp3) is 0.556. The van der Waals surface area contributed by atoms with Gasteiger partial charge in [-0.1, -0.05) is 64.0 Å². The van der Waals surface area contributed by atoms with Gasteiger partial charge in [0.05, 0.1) is 0 Å². The number of allylic oxidation sites excluding steroid dienone is 1. The number of phenolic OH excluding ortho intramolecular Hbond substituents is 1. The van der Waals surface area contributed by atoms with E-state index in [1.165, 1.54) is 51.4 Å². The van der Waals surface area contributed by atoms with Crippen molar-refractivity contribution in [2.75, 3.05) is 5.32 Å². The van der Waals surface area contributed by atoms with Crippen molar-refractivity contribution in [3.05, 3.63) is 36.5 Å². The van der Waals surface area contributed by atoms with Gasteiger partial charge in [-0.2, -0.15) is 0 Å². The second kappa shape index (κ2) is 11.4. The van der Waals surface area contributed by atoms with Gasteiger partial charge in [-0.05, 0) is 31.2 Å². The Kier molecular flexibility index (Phi) is 9.46. The fourth-order valence-corrected chi connectivity index (χ4v) is 2.23. The van der Waals surface area contributed by atoms with Crippen molar-refractivity contribution in [1.29, 1.82) is 0 Å². The van der Waals surface area contributed by atoms with Crippen LogP contribution < -0.4 is 5.32 Å². The zero-order chi connectivity index (χ0) is 14.5. The van der Waals surface area contributed by atoms with Crippen LogP contribution in [0.2, 0.25) is 0 Å². The molecular weight excluding hydrogens is 246 g/mol. The lowest BCUT2D eigenvalue weighted by Gasteiger charge is -2.01. The molecule has 0 bridgehead atoms. The van der Waals surface area contributed by atoms with Crippen LogP contribution in [0.4, 0.5) is 5.69 Å². The summed E-state index contributed by atoms with van der Waals surface area (Å²) in [5, 5.41) is 12.5. The Hall–Kier alpha value is -1.44. The molecule has 0 aliphatic heterocycles. The predicted molar refractivity (Wildman–Crippen MR) is 88.1 cm³/mol. The van der Waals surface area contributed by atoms with E-state index in [2.05, 4.69) is 18.3 Å². The third kappa shape index (κ3) is 8.63. The minimum Gasteiger partial charge on any atom is -0.508 e. The van der Waals surface area contributed by atoms with Gasteiger partial charge in [-0.25, -0.2) is 0 Å². The van der Waals surface area contributed by atoms with Crippen LogP contribution in [0.1, 0.15) is 64.7 Å². The molecule has 0 amide bonds. The summed E-state index contributed by atoms with van der Waals surface area (Å²) in [5.74, 6) is 0.298. The molecule has 0 atom stereocenters. The minimum absolute atomic E-state index is 0.298. The maximum absolute atomic E-state index is 9.33. The van der Waals surface area contributed by atoms with E-state index in [1.807, 2.05) is 18.3 Å². The SMILES string of the molecule is CCCCCCCCCCC=CNc1cccc(O)c1. The highest BCUT2D eigenvalue weighted by Crippen LogP contribution is 2.15. The van der Waals surface area contributed by atoms with E-state index in [0.29, 0.717) is 5.75 Å². The molecule has 1 aromatic rings. The second-order valence-corrected chi connectivity index (χ2v) is 5.36. The second-order valence-electron chi connectivity index (χ2n) is 5.36. The third-order valence-corrected chi connectivity index (χ3v) is 3.44. The van der Waals surface area contributed by atoms with Gasteiger partial charge in [0, 0.05) is 11.8 Å². The molecule has 0 aliphatic carbocycles. The Morgan fingerprint density at radius 2 is 1.70 bits per heavy atom. The molecule has 2 heteroatoms. The summed E-state index contributed by atoms with van der Waals surface area (Å²) in [7, 11) is 0. The predicted octanol–water partition coefficient (Wildman–Crippen LogP) is 5.85. The highest BCUT2D eigenvalue weighted by molar-refractivity contribution is 5.49. The number of nitrogens with one attached hydrogen (secondary N) is 1. The summed E-state index contributed by atoms with van der Waals surface area (Å²) >= 11 is 0. The molecule has 0 aromatic heterocycles. The van der Waals surface area contributed by atoms with Crippen LogP contribution in [0.3, 0.4) is 0 Å². The number of phenols is 1. The zero-order valence-electron chi connectivity index (χ0n) is 12.8. The van der Waals surface area contributed by atoms with Crippen LogP contribution in [-0.4, -0.2) is 5.11 Å². The van der Waals surface area contributed by atoms with Crippen molar-refractivity contribution < 1.29 is 5.11 Å². The van der Waals surface area contributed by atoms with Crippen LogP contribution in [0.15, 0.2) is 36.5 Å². The molecule has 2 nitrogen and oxygen atoms in total. The molecule has 112 valence electrons. The number of hydrogen-bond donors (Lipinski definition) is 2. The quantitative estimate of drug-likeness (QED) is 0.496. The summed E-state index contributed by atoms with van der Waals surface area (Å²) in [6.45, 7) is 2.26. The van der Waals surface area contributed by atoms with Crippen molar-refractivity contribution in [1.82, 2.24) is 0 Å². The maximum Gasteiger partial charge on any atom is 0.117 e. The molecule has 0 aliphatic rings. The summed E-state index contributed by atoms with van der Waals surface area (Å²) in [5.41, 5.74) is 0.928. The lowest BCUT2D eigenvalue weighted by Crippen LogP contribution is -1.86. The van der Waals surface area contributed by atoms with Gasteiger partial charge in [0.1, 0.15) is 5.75 Å². The van der Waals surface area contributed by atoms with E-state index < -0.39 is 0 Å². The van der Waals surface area contributed by atoms with Gasteiger partial charge >= 0.3 is 0 Å². The van der Waals surface area contributed by atoms with Gasteiger partial charge in [0.25, 0.3) is 0 Å². The molecule has 0 saturated carbocycles. The molecule has 1 rings (SSSR count). The third-order valence-electron chi connectivity index (χ3n) is 3.44. The van der Waals surface area contributed by atoms with Crippen LogP contribution in [0.25, 0.3) is 0 Å². The minimum atomic E-state index is 0.298. The van der Waals surface area contributed by atoms with Gasteiger partial charge in [0.2, 0.25) is 0 Å². The molecule has 0 radical (unpaired) electrons. The lowest BCUT2D eigenvalue weighted by molar-refractivity contribution is 0.475. The van der Waals surface area contributed by atoms with Crippen molar-refractivity contribution in [2.45, 2.75) is 64.7 Å². The lowest BCUT2D eigenvalue weighted by atomic mass is 10.1. The molecule has 0 spiro atoms. The molecule has 20 heavy (non-hydrogen) atoms. The monoisotopic (exact) mass is 275 g/mol. The van der Waals surface area contributed by atoms with Crippen LogP contribution in [0.5, 0.6) is 5.75 Å². The number of aromatic hydroxyl groups is 1.